The first-order valence-corrected chi connectivity index (χ1v) is 8.68. The number of methoxy groups -OCH3 is 1. The Bertz CT molecular complexity index is 890. The molecule has 5 nitrogen and oxygen atoms in total. The van der Waals surface area contributed by atoms with Crippen LogP contribution < -0.4 is 14.0 Å². The van der Waals surface area contributed by atoms with E-state index in [-0.39, 0.29) is 11.9 Å². The number of aromatic nitrogens is 2. The molecule has 3 aromatic rings. The fourth-order valence-corrected chi connectivity index (χ4v) is 3.27. The van der Waals surface area contributed by atoms with Crippen molar-refractivity contribution in [3.05, 3.63) is 78.4 Å². The number of para-hydroxylation sites is 1. The number of Topliss-reactive ketones (excluding diaryl/α,β-unsaturated/α-hetero) is 1. The van der Waals surface area contributed by atoms with E-state index in [2.05, 4.69) is 10.6 Å². The van der Waals surface area contributed by atoms with Crippen LogP contribution >= 0.6 is 0 Å². The second kappa shape index (κ2) is 7.04. The van der Waals surface area contributed by atoms with Crippen molar-refractivity contribution in [2.45, 2.75) is 25.6 Å². The van der Waals surface area contributed by atoms with Gasteiger partial charge in [0.2, 0.25) is 12.1 Å². The lowest BCUT2D eigenvalue weighted by molar-refractivity contribution is -0.682. The van der Waals surface area contributed by atoms with Gasteiger partial charge in [0, 0.05) is 12.0 Å². The minimum absolute atomic E-state index is 0.0694. The first-order valence-electron chi connectivity index (χ1n) is 8.68. The molecule has 0 aliphatic carbocycles. The van der Waals surface area contributed by atoms with Gasteiger partial charge >= 0.3 is 0 Å². The molecule has 2 aromatic carbocycles. The molecule has 1 aromatic heterocycles. The van der Waals surface area contributed by atoms with Crippen LogP contribution in [0.1, 0.15) is 15.9 Å². The zero-order valence-corrected chi connectivity index (χ0v) is 14.7. The monoisotopic (exact) mass is 349 g/mol. The third-order valence-corrected chi connectivity index (χ3v) is 4.61. The Hall–Kier alpha value is -3.08. The number of hydrogen-bond donors (Lipinski definition) is 0. The van der Waals surface area contributed by atoms with Crippen LogP contribution in [0.5, 0.6) is 11.5 Å². The van der Waals surface area contributed by atoms with Crippen LogP contribution in [-0.4, -0.2) is 23.6 Å². The van der Waals surface area contributed by atoms with E-state index >= 15 is 0 Å². The van der Waals surface area contributed by atoms with Crippen LogP contribution in [0.4, 0.5) is 0 Å². The van der Waals surface area contributed by atoms with Crippen molar-refractivity contribution < 1.29 is 18.8 Å². The summed E-state index contributed by atoms with van der Waals surface area (Å²) in [6, 6.07) is 15.4. The third-order valence-electron chi connectivity index (χ3n) is 4.61. The number of carbonyl (C=O) groups excluding carboxylic acids is 1. The SMILES string of the molecule is COc1ccc(C(=O)C[n+]2ccn(CC3Cc4ccccc4O3)c2)cc1. The normalized spacial score (nSPS) is 15.3. The Kier molecular flexibility index (Phi) is 4.44. The Balaban J connectivity index is 1.36. The minimum Gasteiger partial charge on any atom is -0.497 e. The van der Waals surface area contributed by atoms with Crippen molar-refractivity contribution in [3.63, 3.8) is 0 Å². The highest BCUT2D eigenvalue weighted by molar-refractivity contribution is 5.95. The van der Waals surface area contributed by atoms with Crippen LogP contribution in [0.2, 0.25) is 0 Å². The maximum absolute atomic E-state index is 12.4. The summed E-state index contributed by atoms with van der Waals surface area (Å²) in [5, 5.41) is 0. The summed E-state index contributed by atoms with van der Waals surface area (Å²) < 4.78 is 15.1. The predicted molar refractivity (Wildman–Crippen MR) is 96.5 cm³/mol. The first kappa shape index (κ1) is 16.4. The summed E-state index contributed by atoms with van der Waals surface area (Å²) in [7, 11) is 1.61. The number of ether oxygens (including phenoxy) is 2. The summed E-state index contributed by atoms with van der Waals surface area (Å²) in [6.45, 7) is 1.07. The summed E-state index contributed by atoms with van der Waals surface area (Å²) in [5.74, 6) is 1.80. The van der Waals surface area contributed by atoms with Gasteiger partial charge in [0.15, 0.2) is 6.54 Å². The van der Waals surface area contributed by atoms with Gasteiger partial charge in [-0.15, -0.1) is 0 Å². The Morgan fingerprint density at radius 1 is 1.23 bits per heavy atom. The van der Waals surface area contributed by atoms with Crippen LogP contribution in [-0.2, 0) is 19.5 Å². The number of nitrogens with zero attached hydrogens (tertiary/aromatic N) is 2. The highest BCUT2D eigenvalue weighted by atomic mass is 16.5. The van der Waals surface area contributed by atoms with Crippen LogP contribution in [0.3, 0.4) is 0 Å². The zero-order valence-electron chi connectivity index (χ0n) is 14.7. The van der Waals surface area contributed by atoms with Crippen LogP contribution in [0.15, 0.2) is 67.3 Å². The summed E-state index contributed by atoms with van der Waals surface area (Å²) in [5.41, 5.74) is 1.94. The average Bonchev–Trinajstić information content (AvgIpc) is 3.28. The van der Waals surface area contributed by atoms with E-state index in [9.17, 15) is 4.79 Å². The molecule has 2 heterocycles. The highest BCUT2D eigenvalue weighted by Gasteiger charge is 2.24. The minimum atomic E-state index is 0.0694. The predicted octanol–water partition coefficient (Wildman–Crippen LogP) is 2.67. The maximum atomic E-state index is 12.4. The molecule has 0 radical (unpaired) electrons. The van der Waals surface area contributed by atoms with Crippen LogP contribution in [0, 0.1) is 0 Å². The number of rotatable bonds is 6. The third kappa shape index (κ3) is 3.47. The molecule has 1 atom stereocenters. The molecule has 26 heavy (non-hydrogen) atoms. The number of benzene rings is 2. The molecule has 0 bridgehead atoms. The maximum Gasteiger partial charge on any atom is 0.244 e. The van der Waals surface area contributed by atoms with Crippen molar-refractivity contribution in [2.75, 3.05) is 7.11 Å². The Morgan fingerprint density at radius 2 is 2.04 bits per heavy atom. The summed E-state index contributed by atoms with van der Waals surface area (Å²) >= 11 is 0. The van der Waals surface area contributed by atoms with E-state index in [1.165, 1.54) is 5.56 Å². The quantitative estimate of drug-likeness (QED) is 0.508. The molecule has 0 saturated heterocycles. The van der Waals surface area contributed by atoms with Gasteiger partial charge in [-0.3, -0.25) is 4.79 Å². The smallest absolute Gasteiger partial charge is 0.244 e. The van der Waals surface area contributed by atoms with E-state index in [0.29, 0.717) is 12.1 Å². The fraction of sp³-hybridized carbons (Fsp3) is 0.238. The molecule has 0 fully saturated rings. The van der Waals surface area contributed by atoms with Crippen molar-refractivity contribution in [2.24, 2.45) is 0 Å². The van der Waals surface area contributed by atoms with Crippen molar-refractivity contribution in [1.82, 2.24) is 4.57 Å². The molecule has 0 amide bonds. The molecule has 1 unspecified atom stereocenters. The van der Waals surface area contributed by atoms with E-state index in [4.69, 9.17) is 9.47 Å². The first-order chi connectivity index (χ1) is 12.7. The van der Waals surface area contributed by atoms with E-state index in [1.807, 2.05) is 41.5 Å². The number of carbonyl (C=O) groups is 1. The van der Waals surface area contributed by atoms with Crippen molar-refractivity contribution in [3.8, 4) is 11.5 Å². The largest absolute Gasteiger partial charge is 0.497 e. The van der Waals surface area contributed by atoms with Gasteiger partial charge in [0.05, 0.1) is 7.11 Å². The molecular formula is C21H21N2O3+. The lowest BCUT2D eigenvalue weighted by Gasteiger charge is -2.07. The second-order valence-corrected chi connectivity index (χ2v) is 6.49. The van der Waals surface area contributed by atoms with Crippen molar-refractivity contribution in [1.29, 1.82) is 0 Å². The molecule has 0 N–H and O–H groups in total. The Labute approximate surface area is 152 Å². The highest BCUT2D eigenvalue weighted by Crippen LogP contribution is 2.28. The van der Waals surface area contributed by atoms with Crippen molar-refractivity contribution >= 4 is 5.78 Å². The molecule has 1 aliphatic heterocycles. The molecule has 0 saturated carbocycles. The topological polar surface area (TPSA) is 44.3 Å². The van der Waals surface area contributed by atoms with Crippen LogP contribution in [0.25, 0.3) is 0 Å². The number of hydrogen-bond acceptors (Lipinski definition) is 3. The lowest BCUT2D eigenvalue weighted by Crippen LogP contribution is -2.36. The van der Waals surface area contributed by atoms with E-state index in [0.717, 1.165) is 24.5 Å². The van der Waals surface area contributed by atoms with Gasteiger partial charge in [-0.05, 0) is 35.9 Å². The molecular weight excluding hydrogens is 328 g/mol. The van der Waals surface area contributed by atoms with Gasteiger partial charge in [-0.1, -0.05) is 18.2 Å². The molecule has 5 heteroatoms. The Morgan fingerprint density at radius 3 is 2.81 bits per heavy atom. The average molecular weight is 349 g/mol. The summed E-state index contributed by atoms with van der Waals surface area (Å²) in [4.78, 5) is 12.4. The van der Waals surface area contributed by atoms with E-state index in [1.54, 1.807) is 31.4 Å². The standard InChI is InChI=1S/C21H21N2O3/c1-25-18-8-6-16(7-9-18)20(24)14-23-11-10-22(15-23)13-19-12-17-4-2-3-5-21(17)26-19/h2-11,15,19H,12-14H2,1H3/q+1. The van der Waals surface area contributed by atoms with Gasteiger partial charge in [-0.2, -0.15) is 0 Å². The van der Waals surface area contributed by atoms with Gasteiger partial charge in [0.1, 0.15) is 36.5 Å². The number of imidazole rings is 1. The second-order valence-electron chi connectivity index (χ2n) is 6.49. The van der Waals surface area contributed by atoms with Gasteiger partial charge in [-0.25, -0.2) is 9.13 Å². The van der Waals surface area contributed by atoms with Gasteiger partial charge in [0.25, 0.3) is 0 Å². The molecule has 4 rings (SSSR count). The zero-order chi connectivity index (χ0) is 17.9. The number of ketones is 1. The lowest BCUT2D eigenvalue weighted by atomic mass is 10.1. The summed E-state index contributed by atoms with van der Waals surface area (Å²) in [6.07, 6.45) is 6.90. The van der Waals surface area contributed by atoms with Gasteiger partial charge < -0.3 is 9.47 Å². The molecule has 0 spiro atoms. The fourth-order valence-electron chi connectivity index (χ4n) is 3.27. The molecule has 132 valence electrons. The molecule has 1 aliphatic rings. The number of fused-ring (bicyclic) bond motifs is 1. The van der Waals surface area contributed by atoms with E-state index < -0.39 is 0 Å².